The number of nitrogens with two attached hydrogens (primary N) is 1. The first-order valence-corrected chi connectivity index (χ1v) is 7.59. The van der Waals surface area contributed by atoms with Crippen LogP contribution in [-0.4, -0.2) is 45.5 Å². The highest BCUT2D eigenvalue weighted by Gasteiger charge is 2.28. The molecule has 2 N–H and O–H groups in total. The van der Waals surface area contributed by atoms with Gasteiger partial charge in [-0.1, -0.05) is 6.08 Å². The molecule has 0 aliphatic carbocycles. The normalized spacial score (nSPS) is 19.4. The van der Waals surface area contributed by atoms with Gasteiger partial charge in [0.05, 0.1) is 12.2 Å². The highest BCUT2D eigenvalue weighted by molar-refractivity contribution is 9.10. The van der Waals surface area contributed by atoms with Gasteiger partial charge >= 0.3 is 6.09 Å². The van der Waals surface area contributed by atoms with Crippen LogP contribution >= 0.6 is 15.9 Å². The molecule has 0 saturated carbocycles. The highest BCUT2D eigenvalue weighted by atomic mass is 79.9. The molecular formula is C14H21BrN4O2. The highest BCUT2D eigenvalue weighted by Crippen LogP contribution is 2.24. The topological polar surface area (TPSA) is 73.4 Å². The Hall–Kier alpha value is -1.34. The number of rotatable bonds is 1. The minimum absolute atomic E-state index is 0.213. The summed E-state index contributed by atoms with van der Waals surface area (Å²) in [5.74, 6) is 0. The number of carbonyl (C=O) groups excluding carboxylic acids is 1. The summed E-state index contributed by atoms with van der Waals surface area (Å²) >= 11 is 3.35. The van der Waals surface area contributed by atoms with E-state index in [0.717, 1.165) is 15.9 Å². The molecule has 1 unspecified atom stereocenters. The molecule has 0 radical (unpaired) electrons. The third-order valence-corrected chi connectivity index (χ3v) is 3.43. The number of ether oxygens (including phenoxy) is 1. The summed E-state index contributed by atoms with van der Waals surface area (Å²) in [5.41, 5.74) is 7.44. The van der Waals surface area contributed by atoms with Crippen molar-refractivity contribution in [2.45, 2.75) is 32.4 Å². The molecule has 21 heavy (non-hydrogen) atoms. The van der Waals surface area contributed by atoms with Gasteiger partial charge in [-0.3, -0.25) is 4.68 Å². The van der Waals surface area contributed by atoms with E-state index in [1.165, 1.54) is 0 Å². The van der Waals surface area contributed by atoms with Crippen LogP contribution in [0.15, 0.2) is 16.7 Å². The fraction of sp³-hybridized carbons (Fsp3) is 0.571. The number of carbonyl (C=O) groups is 1. The molecule has 6 nitrogen and oxygen atoms in total. The molecule has 0 bridgehead atoms. The Morgan fingerprint density at radius 1 is 1.52 bits per heavy atom. The Labute approximate surface area is 133 Å². The number of hydrogen-bond donors (Lipinski definition) is 1. The largest absolute Gasteiger partial charge is 0.444 e. The molecule has 1 atom stereocenters. The van der Waals surface area contributed by atoms with Crippen LogP contribution in [0.25, 0.3) is 5.57 Å². The van der Waals surface area contributed by atoms with Gasteiger partial charge in [0.2, 0.25) is 0 Å². The third kappa shape index (κ3) is 4.07. The van der Waals surface area contributed by atoms with Crippen molar-refractivity contribution in [3.05, 3.63) is 22.4 Å². The molecule has 1 amide bonds. The second-order valence-corrected chi connectivity index (χ2v) is 7.01. The average Bonchev–Trinajstić information content (AvgIpc) is 2.65. The van der Waals surface area contributed by atoms with Gasteiger partial charge in [-0.05, 0) is 48.3 Å². The Morgan fingerprint density at radius 3 is 2.71 bits per heavy atom. The van der Waals surface area contributed by atoms with E-state index in [4.69, 9.17) is 10.5 Å². The number of aryl methyl sites for hydroxylation is 1. The van der Waals surface area contributed by atoms with Crippen LogP contribution in [0.1, 0.15) is 26.5 Å². The molecule has 0 spiro atoms. The van der Waals surface area contributed by atoms with E-state index >= 15 is 0 Å². The van der Waals surface area contributed by atoms with E-state index in [0.29, 0.717) is 13.1 Å². The first kappa shape index (κ1) is 16.0. The molecule has 0 fully saturated rings. The summed E-state index contributed by atoms with van der Waals surface area (Å²) in [5, 5.41) is 4.26. The van der Waals surface area contributed by atoms with Crippen molar-refractivity contribution in [2.75, 3.05) is 13.1 Å². The summed E-state index contributed by atoms with van der Waals surface area (Å²) in [6, 6.07) is 1.70. The summed E-state index contributed by atoms with van der Waals surface area (Å²) in [4.78, 5) is 13.8. The lowest BCUT2D eigenvalue weighted by Gasteiger charge is -2.32. The van der Waals surface area contributed by atoms with Crippen LogP contribution < -0.4 is 5.73 Å². The van der Waals surface area contributed by atoms with Gasteiger partial charge in [0.15, 0.2) is 0 Å². The molecule has 1 aromatic heterocycles. The first-order valence-electron chi connectivity index (χ1n) is 6.80. The van der Waals surface area contributed by atoms with Crippen LogP contribution in [0.2, 0.25) is 0 Å². The van der Waals surface area contributed by atoms with Gasteiger partial charge in [-0.2, -0.15) is 5.10 Å². The Balaban J connectivity index is 2.19. The molecule has 0 saturated heterocycles. The molecule has 116 valence electrons. The summed E-state index contributed by atoms with van der Waals surface area (Å²) < 4.78 is 7.94. The second-order valence-electron chi connectivity index (χ2n) is 6.19. The Bertz CT molecular complexity index is 574. The fourth-order valence-electron chi connectivity index (χ4n) is 2.25. The second kappa shape index (κ2) is 5.81. The van der Waals surface area contributed by atoms with Crippen molar-refractivity contribution in [2.24, 2.45) is 12.8 Å². The smallest absolute Gasteiger partial charge is 0.410 e. The lowest BCUT2D eigenvalue weighted by molar-refractivity contribution is 0.0265. The number of halogens is 1. The number of aromatic nitrogens is 2. The number of nitrogens with zero attached hydrogens (tertiary/aromatic N) is 3. The van der Waals surface area contributed by atoms with Gasteiger partial charge in [-0.25, -0.2) is 4.79 Å². The zero-order valence-electron chi connectivity index (χ0n) is 12.8. The minimum atomic E-state index is -0.516. The standard InChI is InChI=1S/C14H21BrN4O2/c1-14(2,3)21-13(20)19-7-9(5-10(16)8-19)11-6-12(15)17-18(11)4/h5-6,10H,7-8,16H2,1-4H3. The van der Waals surface area contributed by atoms with Crippen LogP contribution in [0.4, 0.5) is 4.79 Å². The van der Waals surface area contributed by atoms with E-state index < -0.39 is 5.60 Å². The van der Waals surface area contributed by atoms with E-state index in [1.54, 1.807) is 9.58 Å². The maximum atomic E-state index is 12.2. The van der Waals surface area contributed by atoms with Crippen LogP contribution in [-0.2, 0) is 11.8 Å². The molecule has 2 rings (SSSR count). The quantitative estimate of drug-likeness (QED) is 0.836. The maximum absolute atomic E-state index is 12.2. The third-order valence-electron chi connectivity index (χ3n) is 3.04. The van der Waals surface area contributed by atoms with Crippen LogP contribution in [0.3, 0.4) is 0 Å². The van der Waals surface area contributed by atoms with Gasteiger partial charge in [0, 0.05) is 19.6 Å². The zero-order valence-corrected chi connectivity index (χ0v) is 14.3. The monoisotopic (exact) mass is 356 g/mol. The maximum Gasteiger partial charge on any atom is 0.410 e. The fourth-order valence-corrected chi connectivity index (χ4v) is 2.71. The number of hydrogen-bond acceptors (Lipinski definition) is 4. The molecule has 0 aromatic carbocycles. The van der Waals surface area contributed by atoms with Crippen LogP contribution in [0.5, 0.6) is 0 Å². The average molecular weight is 357 g/mol. The lowest BCUT2D eigenvalue weighted by atomic mass is 10.0. The Morgan fingerprint density at radius 2 is 2.19 bits per heavy atom. The van der Waals surface area contributed by atoms with Crippen molar-refractivity contribution < 1.29 is 9.53 Å². The van der Waals surface area contributed by atoms with Crippen molar-refractivity contribution in [1.82, 2.24) is 14.7 Å². The van der Waals surface area contributed by atoms with Crippen LogP contribution in [0, 0.1) is 0 Å². The molecule has 1 aliphatic rings. The van der Waals surface area contributed by atoms with E-state index in [-0.39, 0.29) is 12.1 Å². The number of amides is 1. The van der Waals surface area contributed by atoms with Crippen molar-refractivity contribution >= 4 is 27.6 Å². The van der Waals surface area contributed by atoms with Gasteiger partial charge in [-0.15, -0.1) is 0 Å². The molecule has 1 aliphatic heterocycles. The lowest BCUT2D eigenvalue weighted by Crippen LogP contribution is -2.46. The predicted octanol–water partition coefficient (Wildman–Crippen LogP) is 2.14. The van der Waals surface area contributed by atoms with E-state index in [2.05, 4.69) is 21.0 Å². The summed E-state index contributed by atoms with van der Waals surface area (Å²) in [6.45, 7) is 6.48. The predicted molar refractivity (Wildman–Crippen MR) is 84.7 cm³/mol. The molecule has 2 heterocycles. The van der Waals surface area contributed by atoms with Gasteiger partial charge in [0.25, 0.3) is 0 Å². The van der Waals surface area contributed by atoms with Gasteiger partial charge in [0.1, 0.15) is 10.2 Å². The van der Waals surface area contributed by atoms with Crippen molar-refractivity contribution in [3.8, 4) is 0 Å². The summed E-state index contributed by atoms with van der Waals surface area (Å²) in [7, 11) is 1.86. The van der Waals surface area contributed by atoms with Crippen molar-refractivity contribution in [3.63, 3.8) is 0 Å². The molecular weight excluding hydrogens is 336 g/mol. The first-order chi connectivity index (χ1) is 9.65. The Kier molecular flexibility index (Phi) is 4.43. The van der Waals surface area contributed by atoms with E-state index in [1.807, 2.05) is 40.0 Å². The van der Waals surface area contributed by atoms with E-state index in [9.17, 15) is 4.79 Å². The summed E-state index contributed by atoms with van der Waals surface area (Å²) in [6.07, 6.45) is 1.63. The van der Waals surface area contributed by atoms with Gasteiger partial charge < -0.3 is 15.4 Å². The zero-order chi connectivity index (χ0) is 15.8. The molecule has 1 aromatic rings. The molecule has 7 heteroatoms. The van der Waals surface area contributed by atoms with Crippen molar-refractivity contribution in [1.29, 1.82) is 0 Å². The minimum Gasteiger partial charge on any atom is -0.444 e. The SMILES string of the molecule is Cn1nc(Br)cc1C1=CC(N)CN(C(=O)OC(C)(C)C)C1.